The number of alkyl halides is 3. The van der Waals surface area contributed by atoms with Gasteiger partial charge in [-0.1, -0.05) is 0 Å². The maximum atomic E-state index is 14.5. The van der Waals surface area contributed by atoms with Gasteiger partial charge < -0.3 is 31.2 Å². The highest BCUT2D eigenvalue weighted by molar-refractivity contribution is 6.00. The summed E-state index contributed by atoms with van der Waals surface area (Å²) >= 11 is 0. The number of ether oxygens (including phenoxy) is 1. The average molecular weight is 544 g/mol. The summed E-state index contributed by atoms with van der Waals surface area (Å²) in [5, 5.41) is 17.0. The molecule has 0 unspecified atom stereocenters. The fourth-order valence-electron chi connectivity index (χ4n) is 4.65. The number of hydrogen-bond acceptors (Lipinski definition) is 6. The molecule has 2 atom stereocenters. The molecule has 4 aromatic rings. The van der Waals surface area contributed by atoms with E-state index in [4.69, 9.17) is 10.5 Å². The molecule has 8 nitrogen and oxygen atoms in total. The summed E-state index contributed by atoms with van der Waals surface area (Å²) in [5.41, 5.74) is 2.65. The van der Waals surface area contributed by atoms with Crippen LogP contribution in [0, 0.1) is 5.82 Å². The van der Waals surface area contributed by atoms with Gasteiger partial charge in [0.1, 0.15) is 11.6 Å². The molecule has 0 radical (unpaired) electrons. The lowest BCUT2D eigenvalue weighted by molar-refractivity contribution is -0.265. The number of pyridine rings is 1. The summed E-state index contributed by atoms with van der Waals surface area (Å²) in [7, 11) is 1.40. The molecule has 1 aliphatic rings. The van der Waals surface area contributed by atoms with Gasteiger partial charge >= 0.3 is 6.18 Å². The highest BCUT2D eigenvalue weighted by atomic mass is 19.4. The third kappa shape index (κ3) is 4.55. The largest absolute Gasteiger partial charge is 0.495 e. The fraction of sp³-hybridized carbons (Fsp3) is 0.259. The molecule has 0 fully saturated rings. The van der Waals surface area contributed by atoms with Gasteiger partial charge in [0.25, 0.3) is 5.91 Å². The Morgan fingerprint density at radius 2 is 1.92 bits per heavy atom. The number of aromatic amines is 1. The molecular weight excluding hydrogens is 518 g/mol. The number of aliphatic hydroxyl groups is 1. The van der Waals surface area contributed by atoms with Crippen molar-refractivity contribution in [2.45, 2.75) is 24.2 Å². The topological polar surface area (TPSA) is 125 Å². The molecule has 1 aliphatic heterocycles. The Labute approximate surface area is 220 Å². The maximum absolute atomic E-state index is 14.5. The fourth-order valence-corrected chi connectivity index (χ4v) is 4.65. The van der Waals surface area contributed by atoms with E-state index in [0.29, 0.717) is 33.5 Å². The van der Waals surface area contributed by atoms with E-state index in [-0.39, 0.29) is 17.8 Å². The lowest BCUT2D eigenvalue weighted by atomic mass is 9.89. The van der Waals surface area contributed by atoms with Crippen LogP contribution in [0.3, 0.4) is 0 Å². The number of hydrogen-bond donors (Lipinski definition) is 5. The molecule has 0 saturated carbocycles. The number of aromatic nitrogens is 2. The van der Waals surface area contributed by atoms with E-state index in [2.05, 4.69) is 20.6 Å². The molecule has 6 N–H and O–H groups in total. The van der Waals surface area contributed by atoms with Gasteiger partial charge in [0.2, 0.25) is 5.60 Å². The number of halogens is 4. The zero-order valence-electron chi connectivity index (χ0n) is 20.9. The van der Waals surface area contributed by atoms with Gasteiger partial charge in [0.05, 0.1) is 41.8 Å². The number of benzene rings is 2. The predicted octanol–water partition coefficient (Wildman–Crippen LogP) is 4.16. The Balaban J connectivity index is 1.56. The minimum Gasteiger partial charge on any atom is -0.495 e. The van der Waals surface area contributed by atoms with Crippen LogP contribution >= 0.6 is 0 Å². The number of amides is 1. The normalized spacial score (nSPS) is 18.4. The van der Waals surface area contributed by atoms with Crippen LogP contribution in [-0.2, 0) is 11.1 Å². The van der Waals surface area contributed by atoms with E-state index in [0.717, 1.165) is 18.2 Å². The summed E-state index contributed by atoms with van der Waals surface area (Å²) in [6.45, 7) is 0.599. The first-order valence-corrected chi connectivity index (χ1v) is 11.9. The molecule has 0 aliphatic carbocycles. The van der Waals surface area contributed by atoms with E-state index in [9.17, 15) is 27.5 Å². The van der Waals surface area contributed by atoms with Gasteiger partial charge in [-0.2, -0.15) is 13.2 Å². The van der Waals surface area contributed by atoms with Gasteiger partial charge in [-0.15, -0.1) is 0 Å². The minimum absolute atomic E-state index is 0.0381. The molecule has 12 heteroatoms. The van der Waals surface area contributed by atoms with E-state index in [1.165, 1.54) is 31.4 Å². The van der Waals surface area contributed by atoms with Crippen LogP contribution in [0.1, 0.15) is 28.5 Å². The van der Waals surface area contributed by atoms with Gasteiger partial charge in [0.15, 0.2) is 0 Å². The summed E-state index contributed by atoms with van der Waals surface area (Å²) in [4.78, 5) is 20.1. The smallest absolute Gasteiger partial charge is 0.424 e. The van der Waals surface area contributed by atoms with Crippen LogP contribution in [-0.4, -0.2) is 47.4 Å². The van der Waals surface area contributed by atoms with Gasteiger partial charge in [0, 0.05) is 34.8 Å². The number of H-pyrrole nitrogens is 1. The van der Waals surface area contributed by atoms with E-state index >= 15 is 0 Å². The molecule has 2 aromatic carbocycles. The lowest BCUT2D eigenvalue weighted by Crippen LogP contribution is -2.51. The quantitative estimate of drug-likeness (QED) is 0.233. The summed E-state index contributed by atoms with van der Waals surface area (Å²) in [5.74, 6) is -1.07. The second kappa shape index (κ2) is 9.24. The number of nitrogens with zero attached hydrogens (tertiary/aromatic N) is 1. The molecule has 1 amide bonds. The molecule has 39 heavy (non-hydrogen) atoms. The molecule has 204 valence electrons. The molecule has 2 aromatic heterocycles. The third-order valence-electron chi connectivity index (χ3n) is 6.89. The van der Waals surface area contributed by atoms with Crippen molar-refractivity contribution in [1.82, 2.24) is 15.3 Å². The van der Waals surface area contributed by atoms with Crippen molar-refractivity contribution in [2.24, 2.45) is 5.73 Å². The van der Waals surface area contributed by atoms with Crippen molar-refractivity contribution >= 4 is 22.5 Å². The Hall–Kier alpha value is -4.16. The highest BCUT2D eigenvalue weighted by Gasteiger charge is 2.57. The zero-order chi connectivity index (χ0) is 28.2. The van der Waals surface area contributed by atoms with Crippen molar-refractivity contribution in [3.8, 4) is 17.0 Å². The van der Waals surface area contributed by atoms with Gasteiger partial charge in [-0.05, 0) is 55.5 Å². The first-order chi connectivity index (χ1) is 18.3. The highest BCUT2D eigenvalue weighted by Crippen LogP contribution is 2.45. The van der Waals surface area contributed by atoms with Crippen LogP contribution in [0.15, 0.2) is 54.7 Å². The second-order valence-corrected chi connectivity index (χ2v) is 9.72. The van der Waals surface area contributed by atoms with Crippen LogP contribution in [0.5, 0.6) is 5.75 Å². The Bertz CT molecular complexity index is 1570. The van der Waals surface area contributed by atoms with Crippen molar-refractivity contribution in [3.05, 3.63) is 77.4 Å². The maximum Gasteiger partial charge on any atom is 0.424 e. The van der Waals surface area contributed by atoms with Gasteiger partial charge in [-0.25, -0.2) is 9.37 Å². The number of rotatable bonds is 6. The Morgan fingerprint density at radius 3 is 2.59 bits per heavy atom. The molecule has 0 spiro atoms. The molecule has 0 saturated heterocycles. The number of anilines is 1. The van der Waals surface area contributed by atoms with Crippen molar-refractivity contribution in [2.75, 3.05) is 25.5 Å². The van der Waals surface area contributed by atoms with Crippen LogP contribution < -0.4 is 21.1 Å². The summed E-state index contributed by atoms with van der Waals surface area (Å²) in [6.07, 6.45) is -3.60. The van der Waals surface area contributed by atoms with Crippen molar-refractivity contribution in [3.63, 3.8) is 0 Å². The molecule has 0 bridgehead atoms. The summed E-state index contributed by atoms with van der Waals surface area (Å²) in [6, 6.07) is 10.7. The number of nitrogens with one attached hydrogen (secondary N) is 3. The number of carbonyl (C=O) groups excluding carboxylic acids is 1. The molecule has 3 heterocycles. The number of nitrogens with two attached hydrogens (primary N) is 1. The molecular formula is C27H25F4N5O3. The zero-order valence-corrected chi connectivity index (χ0v) is 20.9. The number of carbonyl (C=O) groups is 1. The van der Waals surface area contributed by atoms with E-state index in [1.807, 2.05) is 0 Å². The average Bonchev–Trinajstić information content (AvgIpc) is 3.49. The SMILES string of the molecule is COc1cc(C(=O)NC[C@@](O)(c2cc3c(c(-c4ccc(F)cc4)n2)NC[C@@]3(C)N)C(F)(F)F)cc2cc[nH]c12. The van der Waals surface area contributed by atoms with Gasteiger partial charge in [-0.3, -0.25) is 4.79 Å². The number of fused-ring (bicyclic) bond motifs is 2. The predicted molar refractivity (Wildman–Crippen MR) is 137 cm³/mol. The lowest BCUT2D eigenvalue weighted by Gasteiger charge is -2.31. The van der Waals surface area contributed by atoms with Crippen LogP contribution in [0.2, 0.25) is 0 Å². The monoisotopic (exact) mass is 543 g/mol. The third-order valence-corrected chi connectivity index (χ3v) is 6.89. The molecule has 5 rings (SSSR count). The summed E-state index contributed by atoms with van der Waals surface area (Å²) < 4.78 is 62.3. The second-order valence-electron chi connectivity index (χ2n) is 9.72. The van der Waals surface area contributed by atoms with E-state index < -0.39 is 41.3 Å². The van der Waals surface area contributed by atoms with Crippen LogP contribution in [0.25, 0.3) is 22.2 Å². The number of methoxy groups -OCH3 is 1. The first kappa shape index (κ1) is 26.4. The van der Waals surface area contributed by atoms with Crippen molar-refractivity contribution < 1.29 is 32.2 Å². The van der Waals surface area contributed by atoms with Crippen molar-refractivity contribution in [1.29, 1.82) is 0 Å². The van der Waals surface area contributed by atoms with E-state index in [1.54, 1.807) is 19.2 Å². The van der Waals surface area contributed by atoms with Crippen LogP contribution in [0.4, 0.5) is 23.2 Å². The Kier molecular flexibility index (Phi) is 6.27. The Morgan fingerprint density at radius 1 is 1.21 bits per heavy atom. The standard InChI is InChI=1S/C27H25F4N5O3/c1-25(32)12-34-23-18(25)11-20(36-22(23)14-3-5-17(28)6-4-14)26(38,27(29,30)31)13-35-24(37)16-9-15-7-8-33-21(15)19(10-16)39-2/h3-11,33-34,38H,12-13,32H2,1-2H3,(H,35,37)/t25-,26-/m1/s1. The first-order valence-electron chi connectivity index (χ1n) is 11.9. The minimum atomic E-state index is -5.24.